The molecule has 2 rings (SSSR count). The lowest BCUT2D eigenvalue weighted by Crippen LogP contribution is -2.42. The number of aromatic hydroxyl groups is 1. The third-order valence-electron chi connectivity index (χ3n) is 3.88. The summed E-state index contributed by atoms with van der Waals surface area (Å²) in [6.45, 7) is 5.65. The fraction of sp³-hybridized carbons (Fsp3) is 0.533. The Hall–Kier alpha value is -1.39. The maximum absolute atomic E-state index is 11.4. The first-order valence-electron chi connectivity index (χ1n) is 6.70. The summed E-state index contributed by atoms with van der Waals surface area (Å²) in [7, 11) is 0. The molecule has 1 heterocycles. The number of benzene rings is 1. The number of phenols is 1. The van der Waals surface area contributed by atoms with Crippen LogP contribution in [0.15, 0.2) is 18.2 Å². The number of aliphatic hydroxyl groups excluding tert-OH is 1. The summed E-state index contributed by atoms with van der Waals surface area (Å²) < 4.78 is 0. The highest BCUT2D eigenvalue weighted by Gasteiger charge is 2.24. The predicted molar refractivity (Wildman–Crippen MR) is 73.2 cm³/mol. The molecule has 1 aromatic rings. The minimum Gasteiger partial charge on any atom is -0.508 e. The molecule has 0 aromatic heterocycles. The smallest absolute Gasteiger partial charge is 0.159 e. The molecule has 1 saturated heterocycles. The third kappa shape index (κ3) is 3.33. The van der Waals surface area contributed by atoms with Crippen molar-refractivity contribution in [1.82, 2.24) is 4.90 Å². The van der Waals surface area contributed by atoms with Crippen LogP contribution in [0.4, 0.5) is 0 Å². The molecule has 0 aliphatic carbocycles. The zero-order valence-electron chi connectivity index (χ0n) is 11.5. The fourth-order valence-corrected chi connectivity index (χ4v) is 2.43. The number of likely N-dealkylation sites (tertiary alicyclic amines) is 1. The lowest BCUT2D eigenvalue weighted by molar-refractivity contribution is 0.0256. The molecule has 4 heteroatoms. The highest BCUT2D eigenvalue weighted by atomic mass is 16.3. The normalized spacial score (nSPS) is 24.4. The predicted octanol–water partition coefficient (Wildman–Crippen LogP) is 1.80. The van der Waals surface area contributed by atoms with Gasteiger partial charge in [0.05, 0.1) is 6.10 Å². The molecule has 1 aliphatic rings. The lowest BCUT2D eigenvalue weighted by Gasteiger charge is -2.34. The van der Waals surface area contributed by atoms with Crippen molar-refractivity contribution in [2.45, 2.75) is 32.9 Å². The van der Waals surface area contributed by atoms with Crippen molar-refractivity contribution in [2.24, 2.45) is 5.92 Å². The third-order valence-corrected chi connectivity index (χ3v) is 3.88. The van der Waals surface area contributed by atoms with Gasteiger partial charge in [0.15, 0.2) is 5.78 Å². The standard InChI is InChI=1S/C15H21NO3/c1-10-5-6-16(9-15(10)19)8-13-7-12(11(2)17)3-4-14(13)18/h3-4,7,10,15,18-19H,5-6,8-9H2,1-2H3. The van der Waals surface area contributed by atoms with Gasteiger partial charge in [-0.1, -0.05) is 6.92 Å². The molecule has 2 atom stereocenters. The number of β-amino-alcohol motifs (C(OH)–C–C–N with tert-alkyl or cyclic N) is 1. The summed E-state index contributed by atoms with van der Waals surface area (Å²) >= 11 is 0. The molecule has 4 nitrogen and oxygen atoms in total. The monoisotopic (exact) mass is 263 g/mol. The number of aliphatic hydroxyl groups is 1. The van der Waals surface area contributed by atoms with Gasteiger partial charge in [-0.3, -0.25) is 9.69 Å². The van der Waals surface area contributed by atoms with Gasteiger partial charge in [-0.25, -0.2) is 0 Å². The van der Waals surface area contributed by atoms with Crippen LogP contribution in [-0.4, -0.2) is 40.1 Å². The van der Waals surface area contributed by atoms with Crippen LogP contribution in [0, 0.1) is 5.92 Å². The Morgan fingerprint density at radius 2 is 2.21 bits per heavy atom. The second-order valence-electron chi connectivity index (χ2n) is 5.47. The molecule has 0 spiro atoms. The SMILES string of the molecule is CC(=O)c1ccc(O)c(CN2CCC(C)C(O)C2)c1. The first kappa shape index (κ1) is 14.0. The van der Waals surface area contributed by atoms with Crippen molar-refractivity contribution < 1.29 is 15.0 Å². The average Bonchev–Trinajstić information content (AvgIpc) is 2.36. The van der Waals surface area contributed by atoms with Gasteiger partial charge in [0.2, 0.25) is 0 Å². The number of carbonyl (C=O) groups excluding carboxylic acids is 1. The average molecular weight is 263 g/mol. The molecule has 1 fully saturated rings. The summed E-state index contributed by atoms with van der Waals surface area (Å²) in [5.74, 6) is 0.528. The molecule has 104 valence electrons. The van der Waals surface area contributed by atoms with Gasteiger partial charge in [0.25, 0.3) is 0 Å². The minimum absolute atomic E-state index is 0.00597. The van der Waals surface area contributed by atoms with Crippen LogP contribution in [0.3, 0.4) is 0 Å². The number of phenolic OH excluding ortho intramolecular Hbond substituents is 1. The van der Waals surface area contributed by atoms with E-state index in [0.29, 0.717) is 24.6 Å². The number of hydrogen-bond donors (Lipinski definition) is 2. The van der Waals surface area contributed by atoms with Gasteiger partial charge in [-0.2, -0.15) is 0 Å². The topological polar surface area (TPSA) is 60.8 Å². The molecule has 2 N–H and O–H groups in total. The van der Waals surface area contributed by atoms with E-state index in [1.165, 1.54) is 6.92 Å². The first-order valence-corrected chi connectivity index (χ1v) is 6.70. The van der Waals surface area contributed by atoms with E-state index in [4.69, 9.17) is 0 Å². The van der Waals surface area contributed by atoms with Gasteiger partial charge in [-0.05, 0) is 44.0 Å². The summed E-state index contributed by atoms with van der Waals surface area (Å²) in [6.07, 6.45) is 0.640. The number of rotatable bonds is 3. The number of carbonyl (C=O) groups is 1. The highest BCUT2D eigenvalue weighted by Crippen LogP contribution is 2.24. The summed E-state index contributed by atoms with van der Waals surface area (Å²) in [6, 6.07) is 4.94. The Balaban J connectivity index is 2.10. The van der Waals surface area contributed by atoms with Crippen molar-refractivity contribution in [3.63, 3.8) is 0 Å². The Bertz CT molecular complexity index is 472. The summed E-state index contributed by atoms with van der Waals surface area (Å²) in [4.78, 5) is 13.5. The second-order valence-corrected chi connectivity index (χ2v) is 5.47. The summed E-state index contributed by atoms with van der Waals surface area (Å²) in [5, 5.41) is 19.7. The zero-order chi connectivity index (χ0) is 14.0. The number of nitrogens with zero attached hydrogens (tertiary/aromatic N) is 1. The van der Waals surface area contributed by atoms with Crippen molar-refractivity contribution in [3.05, 3.63) is 29.3 Å². The second kappa shape index (κ2) is 5.72. The van der Waals surface area contributed by atoms with Crippen LogP contribution in [0.2, 0.25) is 0 Å². The first-order chi connectivity index (χ1) is 8.97. The van der Waals surface area contributed by atoms with Crippen LogP contribution in [0.25, 0.3) is 0 Å². The van der Waals surface area contributed by atoms with Gasteiger partial charge in [-0.15, -0.1) is 0 Å². The number of ketones is 1. The van der Waals surface area contributed by atoms with Crippen LogP contribution in [0.1, 0.15) is 36.2 Å². The van der Waals surface area contributed by atoms with Gasteiger partial charge >= 0.3 is 0 Å². The van der Waals surface area contributed by atoms with Crippen molar-refractivity contribution in [3.8, 4) is 5.75 Å². The maximum atomic E-state index is 11.4. The van der Waals surface area contributed by atoms with Gasteiger partial charge in [0.1, 0.15) is 5.75 Å². The Morgan fingerprint density at radius 3 is 2.84 bits per heavy atom. The van der Waals surface area contributed by atoms with Crippen LogP contribution >= 0.6 is 0 Å². The van der Waals surface area contributed by atoms with Gasteiger partial charge in [0, 0.05) is 24.2 Å². The van der Waals surface area contributed by atoms with E-state index >= 15 is 0 Å². The number of hydrogen-bond acceptors (Lipinski definition) is 4. The largest absolute Gasteiger partial charge is 0.508 e. The number of piperidine rings is 1. The van der Waals surface area contributed by atoms with E-state index in [1.807, 2.05) is 0 Å². The summed E-state index contributed by atoms with van der Waals surface area (Å²) in [5.41, 5.74) is 1.35. The molecule has 2 unspecified atom stereocenters. The highest BCUT2D eigenvalue weighted by molar-refractivity contribution is 5.94. The Morgan fingerprint density at radius 1 is 1.47 bits per heavy atom. The van der Waals surface area contributed by atoms with Crippen molar-refractivity contribution in [1.29, 1.82) is 0 Å². The fourth-order valence-electron chi connectivity index (χ4n) is 2.43. The molecule has 19 heavy (non-hydrogen) atoms. The molecular formula is C15H21NO3. The molecule has 0 radical (unpaired) electrons. The minimum atomic E-state index is -0.313. The molecule has 1 aromatic carbocycles. The molecule has 0 amide bonds. The van der Waals surface area contributed by atoms with E-state index in [-0.39, 0.29) is 17.6 Å². The van der Waals surface area contributed by atoms with E-state index < -0.39 is 0 Å². The van der Waals surface area contributed by atoms with Crippen LogP contribution < -0.4 is 0 Å². The molecular weight excluding hydrogens is 242 g/mol. The maximum Gasteiger partial charge on any atom is 0.159 e. The van der Waals surface area contributed by atoms with Crippen LogP contribution in [0.5, 0.6) is 5.75 Å². The molecule has 0 saturated carbocycles. The van der Waals surface area contributed by atoms with Gasteiger partial charge < -0.3 is 10.2 Å². The molecule has 0 bridgehead atoms. The quantitative estimate of drug-likeness (QED) is 0.816. The van der Waals surface area contributed by atoms with Crippen molar-refractivity contribution in [2.75, 3.05) is 13.1 Å². The van der Waals surface area contributed by atoms with E-state index in [1.54, 1.807) is 18.2 Å². The van der Waals surface area contributed by atoms with Crippen LogP contribution in [-0.2, 0) is 6.54 Å². The van der Waals surface area contributed by atoms with E-state index in [0.717, 1.165) is 18.5 Å². The zero-order valence-corrected chi connectivity index (χ0v) is 11.5. The Labute approximate surface area is 113 Å². The number of Topliss-reactive ketones (excluding diaryl/α,β-unsaturated/α-hetero) is 1. The lowest BCUT2D eigenvalue weighted by atomic mass is 9.95. The van der Waals surface area contributed by atoms with Crippen molar-refractivity contribution >= 4 is 5.78 Å². The Kier molecular flexibility index (Phi) is 4.22. The van der Waals surface area contributed by atoms with E-state index in [2.05, 4.69) is 11.8 Å². The molecule has 1 aliphatic heterocycles. The van der Waals surface area contributed by atoms with E-state index in [9.17, 15) is 15.0 Å².